The van der Waals surface area contributed by atoms with E-state index >= 15 is 0 Å². The van der Waals surface area contributed by atoms with Gasteiger partial charge in [0.1, 0.15) is 11.6 Å². The zero-order valence-electron chi connectivity index (χ0n) is 13.8. The number of H-pyrrole nitrogens is 1. The topological polar surface area (TPSA) is 69.7 Å². The van der Waals surface area contributed by atoms with Crippen molar-refractivity contribution in [1.82, 2.24) is 20.2 Å². The van der Waals surface area contributed by atoms with Crippen LogP contribution in [0.5, 0.6) is 0 Å². The van der Waals surface area contributed by atoms with Gasteiger partial charge in [-0.2, -0.15) is 5.10 Å². The number of aromatic nitrogens is 4. The van der Waals surface area contributed by atoms with Gasteiger partial charge in [-0.05, 0) is 19.1 Å². The van der Waals surface area contributed by atoms with Gasteiger partial charge in [-0.1, -0.05) is 23.7 Å². The molecule has 1 aliphatic heterocycles. The molecule has 0 saturated carbocycles. The predicted molar refractivity (Wildman–Crippen MR) is 98.4 cm³/mol. The normalized spacial score (nSPS) is 15.6. The molecule has 3 aromatic rings. The summed E-state index contributed by atoms with van der Waals surface area (Å²) in [5, 5.41) is 10.5. The Hall–Kier alpha value is -2.74. The van der Waals surface area contributed by atoms with Crippen LogP contribution >= 0.6 is 11.6 Å². The molecule has 1 aromatic carbocycles. The van der Waals surface area contributed by atoms with Crippen LogP contribution in [-0.4, -0.2) is 39.2 Å². The van der Waals surface area contributed by atoms with Crippen LogP contribution < -0.4 is 10.2 Å². The van der Waals surface area contributed by atoms with Crippen LogP contribution in [0.1, 0.15) is 7.12 Å². The van der Waals surface area contributed by atoms with Gasteiger partial charge >= 0.3 is 0 Å². The van der Waals surface area contributed by atoms with Crippen molar-refractivity contribution in [2.75, 3.05) is 23.3 Å². The van der Waals surface area contributed by atoms with Crippen molar-refractivity contribution in [2.24, 2.45) is 0 Å². The SMILES string of the molecule is Cc1cc(Nc2cc(N3CC(F)(F)C3)nc(-c3ccccc3Cl)n2)n[nH]1.[HH]. The van der Waals surface area contributed by atoms with Crippen molar-refractivity contribution in [2.45, 2.75) is 12.8 Å². The van der Waals surface area contributed by atoms with Gasteiger partial charge in [0.15, 0.2) is 11.6 Å². The Labute approximate surface area is 154 Å². The van der Waals surface area contributed by atoms with E-state index in [1.807, 2.05) is 19.1 Å². The van der Waals surface area contributed by atoms with Crippen molar-refractivity contribution >= 4 is 29.1 Å². The van der Waals surface area contributed by atoms with Gasteiger partial charge in [-0.3, -0.25) is 5.10 Å². The summed E-state index contributed by atoms with van der Waals surface area (Å²) in [6.45, 7) is 1.14. The molecular weight excluding hydrogens is 362 g/mol. The maximum Gasteiger partial charge on any atom is 0.282 e. The van der Waals surface area contributed by atoms with Crippen LogP contribution in [0.2, 0.25) is 5.02 Å². The van der Waals surface area contributed by atoms with Gasteiger partial charge < -0.3 is 10.2 Å². The van der Waals surface area contributed by atoms with Gasteiger partial charge in [0.25, 0.3) is 5.92 Å². The highest BCUT2D eigenvalue weighted by atomic mass is 35.5. The van der Waals surface area contributed by atoms with Crippen LogP contribution in [0.25, 0.3) is 11.4 Å². The van der Waals surface area contributed by atoms with Crippen molar-refractivity contribution in [3.63, 3.8) is 0 Å². The molecule has 2 aromatic heterocycles. The molecule has 2 N–H and O–H groups in total. The summed E-state index contributed by atoms with van der Waals surface area (Å²) in [6.07, 6.45) is 0. The first-order valence-corrected chi connectivity index (χ1v) is 8.33. The second-order valence-electron chi connectivity index (χ2n) is 6.19. The molecule has 0 atom stereocenters. The van der Waals surface area contributed by atoms with E-state index < -0.39 is 5.92 Å². The van der Waals surface area contributed by atoms with E-state index in [1.165, 1.54) is 4.90 Å². The lowest BCUT2D eigenvalue weighted by Crippen LogP contribution is -2.56. The van der Waals surface area contributed by atoms with E-state index in [0.29, 0.717) is 33.9 Å². The first-order valence-electron chi connectivity index (χ1n) is 7.95. The number of aryl methyl sites for hydroxylation is 1. The molecular formula is C17H17ClF2N6. The van der Waals surface area contributed by atoms with Gasteiger partial charge in [0.2, 0.25) is 0 Å². The van der Waals surface area contributed by atoms with Crippen molar-refractivity contribution in [3.8, 4) is 11.4 Å². The highest BCUT2D eigenvalue weighted by molar-refractivity contribution is 6.33. The molecule has 0 amide bonds. The van der Waals surface area contributed by atoms with E-state index in [2.05, 4.69) is 25.5 Å². The smallest absolute Gasteiger partial charge is 0.282 e. The van der Waals surface area contributed by atoms with Crippen molar-refractivity contribution in [3.05, 3.63) is 47.1 Å². The maximum atomic E-state index is 13.3. The molecule has 9 heteroatoms. The fourth-order valence-electron chi connectivity index (χ4n) is 2.71. The zero-order valence-corrected chi connectivity index (χ0v) is 14.6. The number of halogens is 3. The zero-order chi connectivity index (χ0) is 18.3. The average molecular weight is 379 g/mol. The van der Waals surface area contributed by atoms with E-state index in [-0.39, 0.29) is 14.5 Å². The fourth-order valence-corrected chi connectivity index (χ4v) is 2.93. The molecule has 1 aliphatic rings. The Bertz CT molecular complexity index is 956. The van der Waals surface area contributed by atoms with E-state index in [9.17, 15) is 8.78 Å². The number of anilines is 3. The second-order valence-corrected chi connectivity index (χ2v) is 6.60. The third-order valence-electron chi connectivity index (χ3n) is 3.96. The minimum atomic E-state index is -2.69. The molecule has 6 nitrogen and oxygen atoms in total. The van der Waals surface area contributed by atoms with Crippen LogP contribution in [0.4, 0.5) is 26.2 Å². The third kappa shape index (κ3) is 3.32. The number of hydrogen-bond acceptors (Lipinski definition) is 5. The standard InChI is InChI=1S/C17H15ClF2N6.H2/c1-10-6-14(25-24-10)21-13-7-15(26-8-17(19,20)9-26)23-16(22-13)11-4-2-3-5-12(11)18;/h2-7H,8-9H2,1H3,(H2,21,22,23,24,25);1H. The second kappa shape index (κ2) is 6.21. The molecule has 0 aliphatic carbocycles. The number of alkyl halides is 2. The Balaban J connectivity index is 0.00000210. The third-order valence-corrected chi connectivity index (χ3v) is 4.29. The summed E-state index contributed by atoms with van der Waals surface area (Å²) >= 11 is 6.25. The lowest BCUT2D eigenvalue weighted by atomic mass is 10.1. The highest BCUT2D eigenvalue weighted by Crippen LogP contribution is 2.34. The molecule has 0 bridgehead atoms. The minimum absolute atomic E-state index is 0. The number of rotatable bonds is 4. The van der Waals surface area contributed by atoms with E-state index in [0.717, 1.165) is 5.69 Å². The summed E-state index contributed by atoms with van der Waals surface area (Å²) in [4.78, 5) is 10.4. The van der Waals surface area contributed by atoms with Crippen LogP contribution in [0.3, 0.4) is 0 Å². The van der Waals surface area contributed by atoms with Crippen molar-refractivity contribution in [1.29, 1.82) is 0 Å². The Morgan fingerprint density at radius 2 is 1.96 bits per heavy atom. The van der Waals surface area contributed by atoms with Crippen LogP contribution in [0.15, 0.2) is 36.4 Å². The van der Waals surface area contributed by atoms with Crippen molar-refractivity contribution < 1.29 is 10.2 Å². The van der Waals surface area contributed by atoms with Gasteiger partial charge in [0, 0.05) is 24.8 Å². The van der Waals surface area contributed by atoms with Crippen LogP contribution in [-0.2, 0) is 0 Å². The first-order chi connectivity index (χ1) is 12.4. The summed E-state index contributed by atoms with van der Waals surface area (Å²) in [7, 11) is 0. The molecule has 136 valence electrons. The molecule has 1 fully saturated rings. The summed E-state index contributed by atoms with van der Waals surface area (Å²) < 4.78 is 26.6. The highest BCUT2D eigenvalue weighted by Gasteiger charge is 2.44. The van der Waals surface area contributed by atoms with Gasteiger partial charge in [-0.25, -0.2) is 18.7 Å². The molecule has 0 unspecified atom stereocenters. The Morgan fingerprint density at radius 3 is 2.62 bits per heavy atom. The number of nitrogens with zero attached hydrogens (tertiary/aromatic N) is 4. The molecule has 0 spiro atoms. The molecule has 1 saturated heterocycles. The van der Waals surface area contributed by atoms with Gasteiger partial charge in [-0.15, -0.1) is 0 Å². The number of benzene rings is 1. The lowest BCUT2D eigenvalue weighted by molar-refractivity contribution is -0.0267. The number of aromatic amines is 1. The van der Waals surface area contributed by atoms with E-state index in [4.69, 9.17) is 11.6 Å². The van der Waals surface area contributed by atoms with Crippen LogP contribution in [0, 0.1) is 6.92 Å². The summed E-state index contributed by atoms with van der Waals surface area (Å²) in [5.74, 6) is -0.894. The Morgan fingerprint density at radius 1 is 1.19 bits per heavy atom. The summed E-state index contributed by atoms with van der Waals surface area (Å²) in [6, 6.07) is 10.6. The molecule has 26 heavy (non-hydrogen) atoms. The van der Waals surface area contributed by atoms with E-state index in [1.54, 1.807) is 24.3 Å². The fraction of sp³-hybridized carbons (Fsp3) is 0.235. The molecule has 0 radical (unpaired) electrons. The lowest BCUT2D eigenvalue weighted by Gasteiger charge is -2.39. The molecule has 4 rings (SSSR count). The predicted octanol–water partition coefficient (Wildman–Crippen LogP) is 4.27. The first kappa shape index (κ1) is 16.7. The minimum Gasteiger partial charge on any atom is -0.344 e. The number of hydrogen-bond donors (Lipinski definition) is 2. The quantitative estimate of drug-likeness (QED) is 0.709. The number of nitrogens with one attached hydrogen (secondary N) is 2. The monoisotopic (exact) mass is 378 g/mol. The largest absolute Gasteiger partial charge is 0.344 e. The summed E-state index contributed by atoms with van der Waals surface area (Å²) in [5.41, 5.74) is 1.51. The molecule has 3 heterocycles. The Kier molecular flexibility index (Phi) is 3.99. The maximum absolute atomic E-state index is 13.3. The average Bonchev–Trinajstić information content (AvgIpc) is 2.97. The van der Waals surface area contributed by atoms with Gasteiger partial charge in [0.05, 0.1) is 18.1 Å².